The standard InChI is InChI=1S/C20H18F2N6O/c1-20(2,3)11-23-26-16-7-6-15(25-27-16)18-17(24-19-28(18)8-9-29-19)13-10-12(21)4-5-14(13)22/h4-11H,1-3H3,(H,26,27)/b23-11+. The van der Waals surface area contributed by atoms with Crippen LogP contribution in [0.1, 0.15) is 20.8 Å². The van der Waals surface area contributed by atoms with E-state index in [1.807, 2.05) is 20.8 Å². The molecule has 0 aliphatic rings. The number of hydrazone groups is 1. The van der Waals surface area contributed by atoms with Gasteiger partial charge in [-0.05, 0) is 35.7 Å². The predicted octanol–water partition coefficient (Wildman–Crippen LogP) is 4.77. The van der Waals surface area contributed by atoms with Crippen molar-refractivity contribution in [1.82, 2.24) is 19.6 Å². The van der Waals surface area contributed by atoms with Crippen LogP contribution in [0.5, 0.6) is 0 Å². The number of anilines is 1. The molecule has 1 aromatic carbocycles. The van der Waals surface area contributed by atoms with E-state index in [4.69, 9.17) is 4.42 Å². The van der Waals surface area contributed by atoms with Crippen molar-refractivity contribution in [2.75, 3.05) is 5.43 Å². The number of hydrogen-bond donors (Lipinski definition) is 1. The van der Waals surface area contributed by atoms with Crippen LogP contribution in [0.25, 0.3) is 28.5 Å². The van der Waals surface area contributed by atoms with Gasteiger partial charge in [0.15, 0.2) is 5.82 Å². The lowest BCUT2D eigenvalue weighted by Crippen LogP contribution is -2.08. The first-order chi connectivity index (χ1) is 13.8. The van der Waals surface area contributed by atoms with Crippen LogP contribution in [-0.2, 0) is 0 Å². The van der Waals surface area contributed by atoms with Crippen LogP contribution >= 0.6 is 0 Å². The largest absolute Gasteiger partial charge is 0.432 e. The van der Waals surface area contributed by atoms with Crippen molar-refractivity contribution >= 4 is 17.9 Å². The number of oxazole rings is 1. The summed E-state index contributed by atoms with van der Waals surface area (Å²) in [5.41, 5.74) is 3.82. The Kier molecular flexibility index (Phi) is 4.57. The van der Waals surface area contributed by atoms with Crippen molar-refractivity contribution in [1.29, 1.82) is 0 Å². The van der Waals surface area contributed by atoms with Crippen molar-refractivity contribution in [3.63, 3.8) is 0 Å². The van der Waals surface area contributed by atoms with Crippen LogP contribution in [0.3, 0.4) is 0 Å². The van der Waals surface area contributed by atoms with E-state index in [-0.39, 0.29) is 22.5 Å². The van der Waals surface area contributed by atoms with Crippen molar-refractivity contribution in [3.8, 4) is 22.6 Å². The average molecular weight is 396 g/mol. The number of nitrogens with one attached hydrogen (secondary N) is 1. The minimum atomic E-state index is -0.601. The van der Waals surface area contributed by atoms with Crippen LogP contribution in [0.15, 0.2) is 52.3 Å². The highest BCUT2D eigenvalue weighted by Crippen LogP contribution is 2.33. The van der Waals surface area contributed by atoms with Gasteiger partial charge in [0.2, 0.25) is 0 Å². The molecule has 0 saturated heterocycles. The number of rotatable bonds is 4. The Bertz CT molecular complexity index is 1190. The molecular formula is C20H18F2N6O. The molecule has 0 aliphatic heterocycles. The van der Waals surface area contributed by atoms with E-state index in [1.165, 1.54) is 6.26 Å². The third-order valence-electron chi connectivity index (χ3n) is 3.98. The zero-order valence-corrected chi connectivity index (χ0v) is 16.0. The highest BCUT2D eigenvalue weighted by molar-refractivity contribution is 5.79. The summed E-state index contributed by atoms with van der Waals surface area (Å²) in [6, 6.07) is 6.58. The lowest BCUT2D eigenvalue weighted by atomic mass is 9.99. The zero-order chi connectivity index (χ0) is 20.6. The third kappa shape index (κ3) is 3.84. The molecule has 29 heavy (non-hydrogen) atoms. The second-order valence-electron chi connectivity index (χ2n) is 7.53. The molecule has 0 radical (unpaired) electrons. The minimum absolute atomic E-state index is 0.0117. The molecule has 0 atom stereocenters. The van der Waals surface area contributed by atoms with Crippen LogP contribution < -0.4 is 5.43 Å². The van der Waals surface area contributed by atoms with Gasteiger partial charge < -0.3 is 4.42 Å². The summed E-state index contributed by atoms with van der Waals surface area (Å²) in [7, 11) is 0. The van der Waals surface area contributed by atoms with E-state index in [2.05, 4.69) is 25.7 Å². The maximum atomic E-state index is 14.4. The molecule has 0 bridgehead atoms. The fraction of sp³-hybridized carbons (Fsp3) is 0.200. The molecule has 0 fully saturated rings. The third-order valence-corrected chi connectivity index (χ3v) is 3.98. The van der Waals surface area contributed by atoms with E-state index >= 15 is 0 Å². The summed E-state index contributed by atoms with van der Waals surface area (Å²) in [5.74, 6) is -0.492. The highest BCUT2D eigenvalue weighted by atomic mass is 19.1. The Morgan fingerprint density at radius 1 is 1.14 bits per heavy atom. The predicted molar refractivity (Wildman–Crippen MR) is 105 cm³/mol. The second-order valence-corrected chi connectivity index (χ2v) is 7.53. The summed E-state index contributed by atoms with van der Waals surface area (Å²) in [6.07, 6.45) is 4.83. The minimum Gasteiger partial charge on any atom is -0.432 e. The lowest BCUT2D eigenvalue weighted by Gasteiger charge is -2.10. The van der Waals surface area contributed by atoms with Crippen LogP contribution in [-0.4, -0.2) is 25.8 Å². The average Bonchev–Trinajstić information content (AvgIpc) is 3.24. The van der Waals surface area contributed by atoms with Crippen LogP contribution in [0, 0.1) is 17.0 Å². The van der Waals surface area contributed by atoms with Gasteiger partial charge in [0.25, 0.3) is 0 Å². The number of hydrogen-bond acceptors (Lipinski definition) is 6. The smallest absolute Gasteiger partial charge is 0.306 e. The van der Waals surface area contributed by atoms with Gasteiger partial charge in [-0.15, -0.1) is 10.2 Å². The van der Waals surface area contributed by atoms with Gasteiger partial charge >= 0.3 is 5.84 Å². The molecule has 0 saturated carbocycles. The fourth-order valence-corrected chi connectivity index (χ4v) is 2.71. The van der Waals surface area contributed by atoms with Gasteiger partial charge in [0.1, 0.15) is 35.0 Å². The SMILES string of the molecule is CC(C)(C)/C=N/Nc1ccc(-c2c(-c3cc(F)ccc3F)nc3occn23)nn1. The molecule has 0 spiro atoms. The number of benzene rings is 1. The summed E-state index contributed by atoms with van der Waals surface area (Å²) < 4.78 is 35.0. The fourth-order valence-electron chi connectivity index (χ4n) is 2.71. The van der Waals surface area contributed by atoms with E-state index in [0.29, 0.717) is 17.2 Å². The molecule has 1 N–H and O–H groups in total. The molecule has 0 unspecified atom stereocenters. The first kappa shape index (κ1) is 18.7. The molecule has 148 valence electrons. The van der Waals surface area contributed by atoms with Crippen molar-refractivity contribution in [2.24, 2.45) is 10.5 Å². The zero-order valence-electron chi connectivity index (χ0n) is 16.0. The summed E-state index contributed by atoms with van der Waals surface area (Å²) in [5, 5.41) is 12.4. The maximum absolute atomic E-state index is 14.4. The quantitative estimate of drug-likeness (QED) is 0.397. The van der Waals surface area contributed by atoms with Crippen LogP contribution in [0.2, 0.25) is 0 Å². The topological polar surface area (TPSA) is 80.6 Å². The lowest BCUT2D eigenvalue weighted by molar-refractivity contribution is 0.594. The molecule has 3 aromatic heterocycles. The highest BCUT2D eigenvalue weighted by Gasteiger charge is 2.22. The Morgan fingerprint density at radius 3 is 2.69 bits per heavy atom. The first-order valence-electron chi connectivity index (χ1n) is 8.87. The monoisotopic (exact) mass is 396 g/mol. The van der Waals surface area contributed by atoms with Crippen molar-refractivity contribution < 1.29 is 13.2 Å². The Balaban J connectivity index is 1.75. The molecule has 0 amide bonds. The van der Waals surface area contributed by atoms with E-state index in [0.717, 1.165) is 18.2 Å². The molecule has 4 aromatic rings. The second kappa shape index (κ2) is 7.08. The number of aromatic nitrogens is 4. The molecule has 0 aliphatic carbocycles. The summed E-state index contributed by atoms with van der Waals surface area (Å²) in [4.78, 5) is 4.30. The number of halogens is 2. The van der Waals surface area contributed by atoms with Gasteiger partial charge in [0.05, 0.1) is 0 Å². The molecule has 3 heterocycles. The van der Waals surface area contributed by atoms with Gasteiger partial charge in [-0.3, -0.25) is 9.83 Å². The Morgan fingerprint density at radius 2 is 1.97 bits per heavy atom. The molecular weight excluding hydrogens is 378 g/mol. The van der Waals surface area contributed by atoms with E-state index < -0.39 is 11.6 Å². The van der Waals surface area contributed by atoms with Gasteiger partial charge in [-0.1, -0.05) is 20.8 Å². The van der Waals surface area contributed by atoms with E-state index in [9.17, 15) is 8.78 Å². The summed E-state index contributed by atoms with van der Waals surface area (Å²) >= 11 is 0. The van der Waals surface area contributed by atoms with Gasteiger partial charge in [-0.2, -0.15) is 10.1 Å². The van der Waals surface area contributed by atoms with Crippen molar-refractivity contribution in [3.05, 3.63) is 54.4 Å². The maximum Gasteiger partial charge on any atom is 0.306 e. The number of nitrogens with zero attached hydrogens (tertiary/aromatic N) is 5. The number of fused-ring (bicyclic) bond motifs is 1. The van der Waals surface area contributed by atoms with E-state index in [1.54, 1.807) is 28.9 Å². The molecule has 4 rings (SSSR count). The van der Waals surface area contributed by atoms with Gasteiger partial charge in [0, 0.05) is 18.0 Å². The summed E-state index contributed by atoms with van der Waals surface area (Å²) in [6.45, 7) is 6.07. The Labute approximate surface area is 165 Å². The molecule has 9 heteroatoms. The molecule has 7 nitrogen and oxygen atoms in total. The van der Waals surface area contributed by atoms with Crippen molar-refractivity contribution in [2.45, 2.75) is 20.8 Å². The van der Waals surface area contributed by atoms with Gasteiger partial charge in [-0.25, -0.2) is 8.78 Å². The number of imidazole rings is 1. The van der Waals surface area contributed by atoms with Crippen LogP contribution in [0.4, 0.5) is 14.6 Å². The normalized spacial score (nSPS) is 12.2. The Hall–Kier alpha value is -3.62. The first-order valence-corrected chi connectivity index (χ1v) is 8.87.